The van der Waals surface area contributed by atoms with Crippen LogP contribution in [0.25, 0.3) is 0 Å². The largest absolute Gasteiger partial charge is 0.480 e. The summed E-state index contributed by atoms with van der Waals surface area (Å²) < 4.78 is 12.2. The highest BCUT2D eigenvalue weighted by molar-refractivity contribution is 5.82. The minimum Gasteiger partial charge on any atom is -0.480 e. The molecule has 2 aromatic rings. The van der Waals surface area contributed by atoms with Gasteiger partial charge in [0.1, 0.15) is 11.5 Å². The third-order valence-electron chi connectivity index (χ3n) is 6.71. The second kappa shape index (κ2) is 15.2. The lowest BCUT2D eigenvalue weighted by molar-refractivity contribution is -0.129. The van der Waals surface area contributed by atoms with Gasteiger partial charge in [-0.05, 0) is 60.8 Å². The first-order chi connectivity index (χ1) is 17.4. The molecule has 2 amide bonds. The molecule has 6 nitrogen and oxygen atoms in total. The third kappa shape index (κ3) is 8.28. The lowest BCUT2D eigenvalue weighted by Gasteiger charge is -2.22. The van der Waals surface area contributed by atoms with Crippen LogP contribution < -0.4 is 20.1 Å². The van der Waals surface area contributed by atoms with E-state index in [2.05, 4.69) is 50.5 Å². The topological polar surface area (TPSA) is 76.7 Å². The van der Waals surface area contributed by atoms with Crippen LogP contribution in [0.5, 0.6) is 11.5 Å². The molecule has 6 heteroatoms. The van der Waals surface area contributed by atoms with Gasteiger partial charge in [0.05, 0.1) is 0 Å². The second-order valence-corrected chi connectivity index (χ2v) is 9.31. The lowest BCUT2D eigenvalue weighted by atomic mass is 9.98. The number of nitrogens with one attached hydrogen (secondary N) is 2. The van der Waals surface area contributed by atoms with Gasteiger partial charge >= 0.3 is 0 Å². The van der Waals surface area contributed by atoms with Crippen LogP contribution in [0.3, 0.4) is 0 Å². The molecule has 0 aliphatic carbocycles. The summed E-state index contributed by atoms with van der Waals surface area (Å²) in [5, 5.41) is 5.78. The van der Waals surface area contributed by atoms with Crippen molar-refractivity contribution in [2.24, 2.45) is 0 Å². The van der Waals surface area contributed by atoms with Crippen molar-refractivity contribution in [3.8, 4) is 11.5 Å². The minimum atomic E-state index is -0.588. The van der Waals surface area contributed by atoms with E-state index in [4.69, 9.17) is 9.47 Å². The molecule has 4 atom stereocenters. The number of carbonyl (C=O) groups is 2. The third-order valence-corrected chi connectivity index (χ3v) is 6.71. The molecule has 0 aromatic heterocycles. The molecule has 36 heavy (non-hydrogen) atoms. The minimum absolute atomic E-state index is 0.184. The smallest absolute Gasteiger partial charge is 0.261 e. The number of carbonyl (C=O) groups excluding carboxylic acids is 2. The van der Waals surface area contributed by atoms with Crippen LogP contribution in [0.1, 0.15) is 90.2 Å². The number of para-hydroxylation sites is 2. The Labute approximate surface area is 217 Å². The van der Waals surface area contributed by atoms with Crippen molar-refractivity contribution in [2.45, 2.75) is 91.3 Å². The van der Waals surface area contributed by atoms with E-state index in [-0.39, 0.29) is 11.8 Å². The zero-order valence-electron chi connectivity index (χ0n) is 22.8. The highest BCUT2D eigenvalue weighted by Crippen LogP contribution is 2.30. The molecule has 198 valence electrons. The molecule has 2 rings (SSSR count). The Morgan fingerprint density at radius 2 is 1.00 bits per heavy atom. The fourth-order valence-electron chi connectivity index (χ4n) is 3.98. The van der Waals surface area contributed by atoms with Gasteiger partial charge in [0.2, 0.25) is 0 Å². The summed E-state index contributed by atoms with van der Waals surface area (Å²) >= 11 is 0. The van der Waals surface area contributed by atoms with Crippen LogP contribution in [-0.4, -0.2) is 37.1 Å². The first kappa shape index (κ1) is 29.2. The molecule has 0 radical (unpaired) electrons. The van der Waals surface area contributed by atoms with Crippen LogP contribution in [-0.2, 0) is 9.59 Å². The maximum absolute atomic E-state index is 12.8. The first-order valence-electron chi connectivity index (χ1n) is 13.4. The number of benzene rings is 2. The standard InChI is InChI=1S/C30H44N2O4/c1-7-21(5)23-15-11-13-17-27(23)35-25(9-3)29(33)31-19-20-32-30(34)26(10-4)36-28-18-14-12-16-24(28)22(6)8-2/h11-18,21-22,25-26H,7-10,19-20H2,1-6H3,(H,31,33)(H,32,34). The van der Waals surface area contributed by atoms with E-state index >= 15 is 0 Å². The molecule has 0 heterocycles. The molecule has 0 fully saturated rings. The Hall–Kier alpha value is -3.02. The van der Waals surface area contributed by atoms with E-state index in [9.17, 15) is 9.59 Å². The van der Waals surface area contributed by atoms with Crippen LogP contribution >= 0.6 is 0 Å². The summed E-state index contributed by atoms with van der Waals surface area (Å²) in [6.07, 6.45) is 1.91. The fourth-order valence-corrected chi connectivity index (χ4v) is 3.98. The Morgan fingerprint density at radius 1 is 0.639 bits per heavy atom. The Morgan fingerprint density at radius 3 is 1.33 bits per heavy atom. The van der Waals surface area contributed by atoms with E-state index in [0.29, 0.717) is 37.8 Å². The van der Waals surface area contributed by atoms with Crippen molar-refractivity contribution in [1.82, 2.24) is 10.6 Å². The predicted molar refractivity (Wildman–Crippen MR) is 146 cm³/mol. The Kier molecular flexibility index (Phi) is 12.3. The normalized spacial score (nSPS) is 14.3. The summed E-state index contributed by atoms with van der Waals surface area (Å²) in [5.74, 6) is 1.84. The highest BCUT2D eigenvalue weighted by Gasteiger charge is 2.22. The molecular formula is C30H44N2O4. The van der Waals surface area contributed by atoms with Crippen LogP contribution in [0, 0.1) is 0 Å². The molecule has 0 saturated carbocycles. The number of hydrogen-bond donors (Lipinski definition) is 2. The monoisotopic (exact) mass is 496 g/mol. The summed E-state index contributed by atoms with van der Waals surface area (Å²) in [4.78, 5) is 25.5. The van der Waals surface area contributed by atoms with Gasteiger partial charge in [0.15, 0.2) is 12.2 Å². The second-order valence-electron chi connectivity index (χ2n) is 9.31. The molecule has 0 aliphatic rings. The summed E-state index contributed by atoms with van der Waals surface area (Å²) in [6.45, 7) is 13.1. The van der Waals surface area contributed by atoms with Crippen molar-refractivity contribution in [2.75, 3.05) is 13.1 Å². The molecule has 0 bridgehead atoms. The Bertz CT molecular complexity index is 884. The molecular weight excluding hydrogens is 452 g/mol. The van der Waals surface area contributed by atoms with E-state index in [1.807, 2.05) is 50.2 Å². The summed E-state index contributed by atoms with van der Waals surface area (Å²) in [5.41, 5.74) is 2.22. The lowest BCUT2D eigenvalue weighted by Crippen LogP contribution is -2.44. The van der Waals surface area contributed by atoms with E-state index in [0.717, 1.165) is 35.5 Å². The van der Waals surface area contributed by atoms with Gasteiger partial charge in [0, 0.05) is 13.1 Å². The predicted octanol–water partition coefficient (Wildman–Crippen LogP) is 5.96. The fraction of sp³-hybridized carbons (Fsp3) is 0.533. The van der Waals surface area contributed by atoms with Gasteiger partial charge in [0.25, 0.3) is 11.8 Å². The van der Waals surface area contributed by atoms with Gasteiger partial charge in [-0.25, -0.2) is 0 Å². The van der Waals surface area contributed by atoms with Gasteiger partial charge in [-0.2, -0.15) is 0 Å². The molecule has 2 aromatic carbocycles. The van der Waals surface area contributed by atoms with Crippen molar-refractivity contribution in [3.05, 3.63) is 59.7 Å². The molecule has 0 spiro atoms. The summed E-state index contributed by atoms with van der Waals surface area (Å²) in [6, 6.07) is 15.8. The molecule has 0 aliphatic heterocycles. The zero-order valence-corrected chi connectivity index (χ0v) is 22.8. The van der Waals surface area contributed by atoms with Crippen molar-refractivity contribution < 1.29 is 19.1 Å². The first-order valence-corrected chi connectivity index (χ1v) is 13.4. The van der Waals surface area contributed by atoms with Crippen LogP contribution in [0.4, 0.5) is 0 Å². The van der Waals surface area contributed by atoms with Crippen LogP contribution in [0.2, 0.25) is 0 Å². The molecule has 0 saturated heterocycles. The SMILES string of the molecule is CCC(Oc1ccccc1C(C)CC)C(=O)NCCNC(=O)C(CC)Oc1ccccc1C(C)CC. The maximum atomic E-state index is 12.8. The molecule has 2 N–H and O–H groups in total. The number of amides is 2. The Balaban J connectivity index is 1.87. The quantitative estimate of drug-likeness (QED) is 0.298. The van der Waals surface area contributed by atoms with E-state index in [1.54, 1.807) is 0 Å². The number of rotatable bonds is 15. The molecule has 4 unspecified atom stereocenters. The van der Waals surface area contributed by atoms with Gasteiger partial charge in [-0.1, -0.05) is 77.9 Å². The average molecular weight is 497 g/mol. The number of hydrogen-bond acceptors (Lipinski definition) is 4. The van der Waals surface area contributed by atoms with Crippen LogP contribution in [0.15, 0.2) is 48.5 Å². The van der Waals surface area contributed by atoms with Gasteiger partial charge < -0.3 is 20.1 Å². The van der Waals surface area contributed by atoms with Crippen molar-refractivity contribution in [3.63, 3.8) is 0 Å². The van der Waals surface area contributed by atoms with E-state index < -0.39 is 12.2 Å². The summed E-state index contributed by atoms with van der Waals surface area (Å²) in [7, 11) is 0. The average Bonchev–Trinajstić information content (AvgIpc) is 2.91. The highest BCUT2D eigenvalue weighted by atomic mass is 16.5. The van der Waals surface area contributed by atoms with Crippen molar-refractivity contribution in [1.29, 1.82) is 0 Å². The van der Waals surface area contributed by atoms with Gasteiger partial charge in [-0.3, -0.25) is 9.59 Å². The number of ether oxygens (including phenoxy) is 2. The zero-order chi connectivity index (χ0) is 26.5. The van der Waals surface area contributed by atoms with Crippen molar-refractivity contribution >= 4 is 11.8 Å². The van der Waals surface area contributed by atoms with E-state index in [1.165, 1.54) is 0 Å². The van der Waals surface area contributed by atoms with Gasteiger partial charge in [-0.15, -0.1) is 0 Å². The maximum Gasteiger partial charge on any atom is 0.261 e.